The van der Waals surface area contributed by atoms with Gasteiger partial charge in [0.1, 0.15) is 12.6 Å². The first kappa shape index (κ1) is 27.7. The number of sulfonamides is 1. The number of hydrogen-bond acceptors (Lipinski definition) is 4. The molecule has 0 spiro atoms. The van der Waals surface area contributed by atoms with Gasteiger partial charge in [-0.2, -0.15) is 0 Å². The van der Waals surface area contributed by atoms with E-state index in [-0.39, 0.29) is 18.4 Å². The number of hydrogen-bond donors (Lipinski definition) is 1. The van der Waals surface area contributed by atoms with E-state index in [1.54, 1.807) is 32.0 Å². The van der Waals surface area contributed by atoms with Gasteiger partial charge in [0.15, 0.2) is 0 Å². The van der Waals surface area contributed by atoms with Crippen LogP contribution in [0.25, 0.3) is 0 Å². The van der Waals surface area contributed by atoms with Crippen molar-refractivity contribution in [1.29, 1.82) is 0 Å². The van der Waals surface area contributed by atoms with Gasteiger partial charge in [-0.15, -0.1) is 0 Å². The molecule has 1 N–H and O–H groups in total. The maximum Gasteiger partial charge on any atom is 0.244 e. The van der Waals surface area contributed by atoms with Crippen molar-refractivity contribution in [3.63, 3.8) is 0 Å². The fraction of sp³-hybridized carbons (Fsp3) is 0.440. The van der Waals surface area contributed by atoms with Gasteiger partial charge in [0.2, 0.25) is 21.8 Å². The SMILES string of the molecule is Cc1c(Cl)cccc1N(CC(=O)N(CCc1ccccc1)[C@H](C)C(=O)NCC(C)C)S(C)(=O)=O. The summed E-state index contributed by atoms with van der Waals surface area (Å²) in [6.45, 7) is 7.66. The third kappa shape index (κ3) is 7.74. The summed E-state index contributed by atoms with van der Waals surface area (Å²) in [5.74, 6) is -0.482. The minimum Gasteiger partial charge on any atom is -0.354 e. The van der Waals surface area contributed by atoms with Crippen molar-refractivity contribution in [1.82, 2.24) is 10.2 Å². The first-order valence-corrected chi connectivity index (χ1v) is 13.5. The normalized spacial score (nSPS) is 12.3. The van der Waals surface area contributed by atoms with Crippen LogP contribution in [0.15, 0.2) is 48.5 Å². The molecule has 0 fully saturated rings. The number of carbonyl (C=O) groups is 2. The lowest BCUT2D eigenvalue weighted by molar-refractivity contribution is -0.138. The van der Waals surface area contributed by atoms with Crippen molar-refractivity contribution < 1.29 is 18.0 Å². The van der Waals surface area contributed by atoms with E-state index in [4.69, 9.17) is 11.6 Å². The van der Waals surface area contributed by atoms with Gasteiger partial charge < -0.3 is 10.2 Å². The highest BCUT2D eigenvalue weighted by atomic mass is 35.5. The lowest BCUT2D eigenvalue weighted by Crippen LogP contribution is -2.52. The lowest BCUT2D eigenvalue weighted by Gasteiger charge is -2.32. The summed E-state index contributed by atoms with van der Waals surface area (Å²) in [7, 11) is -3.79. The summed E-state index contributed by atoms with van der Waals surface area (Å²) >= 11 is 6.21. The Balaban J connectivity index is 2.33. The van der Waals surface area contributed by atoms with E-state index in [1.165, 1.54) is 4.90 Å². The molecule has 2 rings (SSSR count). The highest BCUT2D eigenvalue weighted by Gasteiger charge is 2.30. The van der Waals surface area contributed by atoms with Crippen LogP contribution in [-0.2, 0) is 26.0 Å². The van der Waals surface area contributed by atoms with Crippen molar-refractivity contribution >= 4 is 39.1 Å². The first-order chi connectivity index (χ1) is 15.9. The van der Waals surface area contributed by atoms with Crippen LogP contribution in [0, 0.1) is 12.8 Å². The van der Waals surface area contributed by atoms with E-state index in [2.05, 4.69) is 5.32 Å². The number of nitrogens with one attached hydrogen (secondary N) is 1. The van der Waals surface area contributed by atoms with E-state index in [0.29, 0.717) is 29.2 Å². The van der Waals surface area contributed by atoms with Crippen LogP contribution in [0.5, 0.6) is 0 Å². The molecular formula is C25H34ClN3O4S. The van der Waals surface area contributed by atoms with E-state index in [1.807, 2.05) is 44.2 Å². The van der Waals surface area contributed by atoms with E-state index >= 15 is 0 Å². The minimum atomic E-state index is -3.79. The van der Waals surface area contributed by atoms with Crippen molar-refractivity contribution in [3.05, 3.63) is 64.7 Å². The van der Waals surface area contributed by atoms with Crippen LogP contribution < -0.4 is 9.62 Å². The minimum absolute atomic E-state index is 0.260. The summed E-state index contributed by atoms with van der Waals surface area (Å²) in [5, 5.41) is 3.27. The van der Waals surface area contributed by atoms with Crippen LogP contribution in [0.2, 0.25) is 5.02 Å². The maximum absolute atomic E-state index is 13.5. The molecule has 186 valence electrons. The maximum atomic E-state index is 13.5. The van der Waals surface area contributed by atoms with Gasteiger partial charge in [0.05, 0.1) is 11.9 Å². The molecular weight excluding hydrogens is 474 g/mol. The van der Waals surface area contributed by atoms with Gasteiger partial charge in [0.25, 0.3) is 0 Å². The second-order valence-corrected chi connectivity index (χ2v) is 11.1. The van der Waals surface area contributed by atoms with Crippen LogP contribution in [0.1, 0.15) is 31.9 Å². The Morgan fingerprint density at radius 1 is 1.03 bits per heavy atom. The highest BCUT2D eigenvalue weighted by Crippen LogP contribution is 2.28. The van der Waals surface area contributed by atoms with Gasteiger partial charge >= 0.3 is 0 Å². The Bertz CT molecular complexity index is 1090. The molecule has 0 aromatic heterocycles. The zero-order valence-corrected chi connectivity index (χ0v) is 22.0. The molecule has 0 bridgehead atoms. The molecule has 0 aliphatic rings. The zero-order valence-electron chi connectivity index (χ0n) is 20.4. The summed E-state index contributed by atoms with van der Waals surface area (Å²) < 4.78 is 26.3. The van der Waals surface area contributed by atoms with Crippen molar-refractivity contribution in [2.45, 2.75) is 40.2 Å². The fourth-order valence-electron chi connectivity index (χ4n) is 3.48. The number of rotatable bonds is 11. The molecule has 2 aromatic rings. The molecule has 34 heavy (non-hydrogen) atoms. The number of anilines is 1. The number of nitrogens with zero attached hydrogens (tertiary/aromatic N) is 2. The predicted octanol–water partition coefficient (Wildman–Crippen LogP) is 3.65. The molecule has 9 heteroatoms. The molecule has 7 nitrogen and oxygen atoms in total. The quantitative estimate of drug-likeness (QED) is 0.503. The summed E-state index contributed by atoms with van der Waals surface area (Å²) in [4.78, 5) is 27.7. The second-order valence-electron chi connectivity index (χ2n) is 8.79. The van der Waals surface area contributed by atoms with Crippen LogP contribution in [-0.4, -0.2) is 57.1 Å². The fourth-order valence-corrected chi connectivity index (χ4v) is 4.55. The Labute approximate surface area is 208 Å². The Morgan fingerprint density at radius 3 is 2.26 bits per heavy atom. The summed E-state index contributed by atoms with van der Waals surface area (Å²) in [6, 6.07) is 13.8. The molecule has 0 saturated carbocycles. The molecule has 2 aromatic carbocycles. The third-order valence-electron chi connectivity index (χ3n) is 5.52. The third-order valence-corrected chi connectivity index (χ3v) is 7.06. The molecule has 0 aliphatic heterocycles. The predicted molar refractivity (Wildman–Crippen MR) is 138 cm³/mol. The average molecular weight is 508 g/mol. The largest absolute Gasteiger partial charge is 0.354 e. The van der Waals surface area contributed by atoms with E-state index in [9.17, 15) is 18.0 Å². The standard InChI is InChI=1S/C25H34ClN3O4S/c1-18(2)16-27-25(31)20(4)28(15-14-21-10-7-6-8-11-21)24(30)17-29(34(5,32)33)23-13-9-12-22(26)19(23)3/h6-13,18,20H,14-17H2,1-5H3,(H,27,31)/t20-/m1/s1. The van der Waals surface area contributed by atoms with Gasteiger partial charge in [0, 0.05) is 18.1 Å². The van der Waals surface area contributed by atoms with E-state index in [0.717, 1.165) is 16.1 Å². The molecule has 0 aliphatic carbocycles. The molecule has 0 saturated heterocycles. The van der Waals surface area contributed by atoms with Crippen molar-refractivity contribution in [2.75, 3.05) is 30.2 Å². The Morgan fingerprint density at radius 2 is 1.68 bits per heavy atom. The van der Waals surface area contributed by atoms with Gasteiger partial charge in [-0.05, 0) is 49.4 Å². The molecule has 0 radical (unpaired) electrons. The van der Waals surface area contributed by atoms with Crippen LogP contribution in [0.4, 0.5) is 5.69 Å². The number of benzene rings is 2. The Kier molecular flexibility index (Phi) is 9.94. The molecule has 2 amide bonds. The molecule has 0 unspecified atom stereocenters. The number of amides is 2. The van der Waals surface area contributed by atoms with Gasteiger partial charge in [-0.25, -0.2) is 8.42 Å². The number of halogens is 1. The zero-order chi connectivity index (χ0) is 25.5. The average Bonchev–Trinajstić information content (AvgIpc) is 2.77. The van der Waals surface area contributed by atoms with Gasteiger partial charge in [-0.3, -0.25) is 13.9 Å². The van der Waals surface area contributed by atoms with Crippen molar-refractivity contribution in [3.8, 4) is 0 Å². The first-order valence-electron chi connectivity index (χ1n) is 11.3. The monoisotopic (exact) mass is 507 g/mol. The van der Waals surface area contributed by atoms with Gasteiger partial charge in [-0.1, -0.05) is 61.8 Å². The Hall–Kier alpha value is -2.58. The van der Waals surface area contributed by atoms with E-state index < -0.39 is 28.5 Å². The van der Waals surface area contributed by atoms with Crippen LogP contribution in [0.3, 0.4) is 0 Å². The molecule has 1 atom stereocenters. The summed E-state index contributed by atoms with van der Waals surface area (Å²) in [6.07, 6.45) is 1.58. The lowest BCUT2D eigenvalue weighted by atomic mass is 10.1. The smallest absolute Gasteiger partial charge is 0.244 e. The van der Waals surface area contributed by atoms with Crippen LogP contribution >= 0.6 is 11.6 Å². The number of carbonyl (C=O) groups excluding carboxylic acids is 2. The highest BCUT2D eigenvalue weighted by molar-refractivity contribution is 7.92. The summed E-state index contributed by atoms with van der Waals surface area (Å²) in [5.41, 5.74) is 1.91. The second kappa shape index (κ2) is 12.2. The van der Waals surface area contributed by atoms with Crippen molar-refractivity contribution in [2.24, 2.45) is 5.92 Å². The molecule has 0 heterocycles. The topological polar surface area (TPSA) is 86.8 Å².